The second-order valence-electron chi connectivity index (χ2n) is 8.04. The van der Waals surface area contributed by atoms with Crippen molar-refractivity contribution in [3.05, 3.63) is 78.2 Å². The van der Waals surface area contributed by atoms with Crippen molar-refractivity contribution < 1.29 is 18.7 Å². The van der Waals surface area contributed by atoms with Crippen molar-refractivity contribution in [1.29, 1.82) is 0 Å². The summed E-state index contributed by atoms with van der Waals surface area (Å²) in [5.74, 6) is 0.0879. The number of rotatable bonds is 6. The Hall–Kier alpha value is -3.56. The Labute approximate surface area is 190 Å². The van der Waals surface area contributed by atoms with Crippen LogP contribution >= 0.6 is 0 Å². The summed E-state index contributed by atoms with van der Waals surface area (Å²) in [6, 6.07) is 17.0. The minimum Gasteiger partial charge on any atom is -0.371 e. The van der Waals surface area contributed by atoms with Crippen LogP contribution in [0.25, 0.3) is 11.3 Å². The van der Waals surface area contributed by atoms with Crippen molar-refractivity contribution in [3.8, 4) is 11.3 Å². The van der Waals surface area contributed by atoms with Gasteiger partial charge in [-0.25, -0.2) is 19.2 Å². The molecule has 4 unspecified atom stereocenters. The van der Waals surface area contributed by atoms with Crippen molar-refractivity contribution in [3.63, 3.8) is 0 Å². The van der Waals surface area contributed by atoms with Crippen molar-refractivity contribution in [2.24, 2.45) is 0 Å². The topological polar surface area (TPSA) is 97.4 Å². The first-order valence-corrected chi connectivity index (χ1v) is 10.8. The summed E-state index contributed by atoms with van der Waals surface area (Å²) < 4.78 is 25.4. The van der Waals surface area contributed by atoms with Gasteiger partial charge in [-0.1, -0.05) is 42.5 Å². The number of benzene rings is 2. The number of nitrogens with zero attached hydrogens (tertiary/aromatic N) is 2. The van der Waals surface area contributed by atoms with Crippen LogP contribution in [0, 0.1) is 5.82 Å². The van der Waals surface area contributed by atoms with E-state index in [4.69, 9.17) is 9.47 Å². The number of hydrogen-bond acceptors (Lipinski definition) is 6. The second-order valence-corrected chi connectivity index (χ2v) is 8.04. The lowest BCUT2D eigenvalue weighted by Crippen LogP contribution is -2.48. The average Bonchev–Trinajstić information content (AvgIpc) is 3.42. The molecule has 33 heavy (non-hydrogen) atoms. The molecule has 2 aromatic carbocycles. The van der Waals surface area contributed by atoms with Gasteiger partial charge >= 0.3 is 6.03 Å². The molecule has 4 atom stereocenters. The summed E-state index contributed by atoms with van der Waals surface area (Å²) in [5.41, 5.74) is 2.31. The average molecular weight is 449 g/mol. The molecule has 0 bridgehead atoms. The highest BCUT2D eigenvalue weighted by atomic mass is 19.1. The van der Waals surface area contributed by atoms with Gasteiger partial charge in [0.2, 0.25) is 5.95 Å². The molecule has 2 aliphatic heterocycles. The molecule has 0 radical (unpaired) electrons. The molecule has 2 amide bonds. The monoisotopic (exact) mass is 449 g/mol. The molecule has 3 aromatic rings. The third kappa shape index (κ3) is 4.94. The smallest absolute Gasteiger partial charge is 0.315 e. The molecule has 0 saturated carbocycles. The number of nitrogens with one attached hydrogen (secondary N) is 3. The van der Waals surface area contributed by atoms with E-state index in [0.717, 1.165) is 5.56 Å². The predicted octanol–water partition coefficient (Wildman–Crippen LogP) is 2.73. The van der Waals surface area contributed by atoms with Crippen LogP contribution < -0.4 is 16.0 Å². The summed E-state index contributed by atoms with van der Waals surface area (Å²) >= 11 is 0. The fraction of sp³-hybridized carbons (Fsp3) is 0.292. The van der Waals surface area contributed by atoms with Gasteiger partial charge < -0.3 is 25.4 Å². The van der Waals surface area contributed by atoms with E-state index in [1.165, 1.54) is 12.1 Å². The molecule has 9 heteroatoms. The highest BCUT2D eigenvalue weighted by Crippen LogP contribution is 2.29. The van der Waals surface area contributed by atoms with Gasteiger partial charge in [-0.05, 0) is 23.8 Å². The largest absolute Gasteiger partial charge is 0.371 e. The van der Waals surface area contributed by atoms with Gasteiger partial charge in [0, 0.05) is 18.3 Å². The summed E-state index contributed by atoms with van der Waals surface area (Å²) in [7, 11) is 0. The number of fused-ring (bicyclic) bond motifs is 1. The lowest BCUT2D eigenvalue weighted by atomic mass is 10.1. The van der Waals surface area contributed by atoms with Crippen molar-refractivity contribution in [2.75, 3.05) is 18.5 Å². The van der Waals surface area contributed by atoms with Gasteiger partial charge in [0.1, 0.15) is 18.0 Å². The van der Waals surface area contributed by atoms with Crippen LogP contribution in [0.5, 0.6) is 0 Å². The fourth-order valence-electron chi connectivity index (χ4n) is 4.15. The minimum absolute atomic E-state index is 0.170. The molecule has 3 heterocycles. The number of hydrogen-bond donors (Lipinski definition) is 3. The number of ether oxygens (including phenoxy) is 2. The van der Waals surface area contributed by atoms with Crippen LogP contribution in [-0.4, -0.2) is 53.5 Å². The molecule has 1 aromatic heterocycles. The van der Waals surface area contributed by atoms with Gasteiger partial charge in [0.15, 0.2) is 0 Å². The van der Waals surface area contributed by atoms with E-state index in [9.17, 15) is 9.18 Å². The number of amides is 2. The fourth-order valence-corrected chi connectivity index (χ4v) is 4.15. The van der Waals surface area contributed by atoms with E-state index in [0.29, 0.717) is 37.0 Å². The van der Waals surface area contributed by atoms with Crippen molar-refractivity contribution in [2.45, 2.75) is 30.8 Å². The van der Waals surface area contributed by atoms with Gasteiger partial charge in [0.05, 0.1) is 31.0 Å². The Kier molecular flexibility index (Phi) is 6.14. The third-order valence-electron chi connectivity index (χ3n) is 5.76. The molecular formula is C24H24FN5O3. The Morgan fingerprint density at radius 2 is 1.79 bits per heavy atom. The Bertz CT molecular complexity index is 1120. The van der Waals surface area contributed by atoms with E-state index < -0.39 is 0 Å². The second kappa shape index (κ2) is 9.51. The molecule has 5 rings (SSSR count). The Morgan fingerprint density at radius 1 is 1.00 bits per heavy atom. The van der Waals surface area contributed by atoms with E-state index >= 15 is 0 Å². The van der Waals surface area contributed by atoms with Crippen LogP contribution in [-0.2, 0) is 16.0 Å². The lowest BCUT2D eigenvalue weighted by Gasteiger charge is -2.18. The van der Waals surface area contributed by atoms with Gasteiger partial charge in [-0.2, -0.15) is 0 Å². The maximum absolute atomic E-state index is 13.6. The number of urea groups is 1. The first kappa shape index (κ1) is 21.3. The van der Waals surface area contributed by atoms with E-state index in [1.54, 1.807) is 24.4 Å². The summed E-state index contributed by atoms with van der Waals surface area (Å²) in [4.78, 5) is 21.1. The van der Waals surface area contributed by atoms with Gasteiger partial charge in [0.25, 0.3) is 0 Å². The molecule has 170 valence electrons. The molecule has 2 saturated heterocycles. The SMILES string of the molecule is O=C(NCc1ccccc1)NC1COC2C(Nc3nccc(-c4cccc(F)c4)n3)COC12. The van der Waals surface area contributed by atoms with E-state index in [-0.39, 0.29) is 36.1 Å². The van der Waals surface area contributed by atoms with Gasteiger partial charge in [-0.15, -0.1) is 0 Å². The highest BCUT2D eigenvalue weighted by Gasteiger charge is 2.48. The molecule has 2 fully saturated rings. The minimum atomic E-state index is -0.321. The molecule has 8 nitrogen and oxygen atoms in total. The van der Waals surface area contributed by atoms with Crippen LogP contribution in [0.4, 0.5) is 15.1 Å². The number of anilines is 1. The Morgan fingerprint density at radius 3 is 2.61 bits per heavy atom. The summed E-state index contributed by atoms with van der Waals surface area (Å²) in [6.45, 7) is 1.20. The third-order valence-corrected chi connectivity index (χ3v) is 5.76. The highest BCUT2D eigenvalue weighted by molar-refractivity contribution is 5.74. The first-order valence-electron chi connectivity index (χ1n) is 10.8. The number of aromatic nitrogens is 2. The maximum Gasteiger partial charge on any atom is 0.315 e. The zero-order chi connectivity index (χ0) is 22.6. The molecule has 2 aliphatic rings. The van der Waals surface area contributed by atoms with Gasteiger partial charge in [-0.3, -0.25) is 0 Å². The van der Waals surface area contributed by atoms with E-state index in [2.05, 4.69) is 25.9 Å². The molecule has 3 N–H and O–H groups in total. The van der Waals surface area contributed by atoms with Crippen LogP contribution in [0.2, 0.25) is 0 Å². The van der Waals surface area contributed by atoms with Crippen LogP contribution in [0.15, 0.2) is 66.9 Å². The zero-order valence-corrected chi connectivity index (χ0v) is 17.8. The standard InChI is InChI=1S/C24H24FN5O3/c25-17-8-4-7-16(11-17)18-9-10-26-23(28-18)29-19-13-32-22-20(14-33-21(19)22)30-24(31)27-12-15-5-2-1-3-6-15/h1-11,19-22H,12-14H2,(H,26,28,29)(H2,27,30,31). The predicted molar refractivity (Wildman–Crippen MR) is 120 cm³/mol. The maximum atomic E-state index is 13.6. The van der Waals surface area contributed by atoms with Crippen LogP contribution in [0.1, 0.15) is 5.56 Å². The number of carbonyl (C=O) groups is 1. The summed E-state index contributed by atoms with van der Waals surface area (Å²) in [5, 5.41) is 9.07. The summed E-state index contributed by atoms with van der Waals surface area (Å²) in [6.07, 6.45) is 1.11. The molecule has 0 spiro atoms. The quantitative estimate of drug-likeness (QED) is 0.536. The first-order chi connectivity index (χ1) is 16.2. The molecule has 0 aliphatic carbocycles. The van der Waals surface area contributed by atoms with Crippen molar-refractivity contribution in [1.82, 2.24) is 20.6 Å². The number of halogens is 1. The number of carbonyl (C=O) groups excluding carboxylic acids is 1. The normalized spacial score (nSPS) is 23.7. The zero-order valence-electron chi connectivity index (χ0n) is 17.8. The Balaban J connectivity index is 1.17. The van der Waals surface area contributed by atoms with Crippen molar-refractivity contribution >= 4 is 12.0 Å². The van der Waals surface area contributed by atoms with Crippen LogP contribution in [0.3, 0.4) is 0 Å². The molecular weight excluding hydrogens is 425 g/mol. The van der Waals surface area contributed by atoms with E-state index in [1.807, 2.05) is 30.3 Å². The lowest BCUT2D eigenvalue weighted by molar-refractivity contribution is 0.0682.